The summed E-state index contributed by atoms with van der Waals surface area (Å²) in [5, 5.41) is 2.84. The van der Waals surface area contributed by atoms with Crippen LogP contribution in [0.1, 0.15) is 10.6 Å². The highest BCUT2D eigenvalue weighted by molar-refractivity contribution is 5.92. The van der Waals surface area contributed by atoms with E-state index in [1.54, 1.807) is 41.2 Å². The number of carbonyl (C=O) groups excluding carboxylic acids is 2. The average molecular weight is 329 g/mol. The minimum atomic E-state index is -0.187. The molecule has 0 saturated carbocycles. The van der Waals surface area contributed by atoms with E-state index >= 15 is 0 Å². The van der Waals surface area contributed by atoms with Crippen molar-refractivity contribution >= 4 is 17.6 Å². The Kier molecular flexibility index (Phi) is 4.69. The first-order valence-corrected chi connectivity index (χ1v) is 7.70. The van der Waals surface area contributed by atoms with Crippen LogP contribution in [-0.2, 0) is 0 Å². The molecule has 1 saturated heterocycles. The molecular weight excluding hydrogens is 310 g/mol. The van der Waals surface area contributed by atoms with Crippen LogP contribution in [0.3, 0.4) is 0 Å². The minimum absolute atomic E-state index is 0.146. The van der Waals surface area contributed by atoms with Gasteiger partial charge in [0.15, 0.2) is 5.76 Å². The summed E-state index contributed by atoms with van der Waals surface area (Å²) in [6.07, 6.45) is 1.48. The quantitative estimate of drug-likeness (QED) is 0.937. The first-order valence-electron chi connectivity index (χ1n) is 7.70. The van der Waals surface area contributed by atoms with Gasteiger partial charge in [0.2, 0.25) is 0 Å². The van der Waals surface area contributed by atoms with Crippen LogP contribution in [0.15, 0.2) is 47.1 Å². The first kappa shape index (κ1) is 15.9. The molecule has 0 aliphatic carbocycles. The largest absolute Gasteiger partial charge is 0.497 e. The molecule has 7 nitrogen and oxygen atoms in total. The van der Waals surface area contributed by atoms with Crippen molar-refractivity contribution in [3.63, 3.8) is 0 Å². The van der Waals surface area contributed by atoms with Crippen LogP contribution in [0, 0.1) is 0 Å². The molecular formula is C17H19N3O4. The van der Waals surface area contributed by atoms with E-state index in [9.17, 15) is 9.59 Å². The molecule has 0 bridgehead atoms. The minimum Gasteiger partial charge on any atom is -0.497 e. The maximum atomic E-state index is 12.3. The maximum Gasteiger partial charge on any atom is 0.321 e. The molecule has 1 N–H and O–H groups in total. The molecule has 0 unspecified atom stereocenters. The molecule has 7 heteroatoms. The lowest BCUT2D eigenvalue weighted by Crippen LogP contribution is -2.51. The highest BCUT2D eigenvalue weighted by Crippen LogP contribution is 2.17. The van der Waals surface area contributed by atoms with Crippen LogP contribution in [0.5, 0.6) is 5.75 Å². The topological polar surface area (TPSA) is 75.0 Å². The molecule has 0 atom stereocenters. The van der Waals surface area contributed by atoms with Gasteiger partial charge in [-0.25, -0.2) is 4.79 Å². The summed E-state index contributed by atoms with van der Waals surface area (Å²) in [6, 6.07) is 10.3. The lowest BCUT2D eigenvalue weighted by Gasteiger charge is -2.34. The summed E-state index contributed by atoms with van der Waals surface area (Å²) in [5.41, 5.74) is 0.674. The highest BCUT2D eigenvalue weighted by atomic mass is 16.5. The number of methoxy groups -OCH3 is 1. The summed E-state index contributed by atoms with van der Waals surface area (Å²) >= 11 is 0. The second-order valence-electron chi connectivity index (χ2n) is 5.42. The van der Waals surface area contributed by atoms with Gasteiger partial charge < -0.3 is 24.3 Å². The molecule has 2 aromatic rings. The van der Waals surface area contributed by atoms with E-state index in [-0.39, 0.29) is 11.9 Å². The number of benzene rings is 1. The number of hydrogen-bond acceptors (Lipinski definition) is 4. The van der Waals surface area contributed by atoms with Gasteiger partial charge in [0.05, 0.1) is 13.4 Å². The molecule has 24 heavy (non-hydrogen) atoms. The Morgan fingerprint density at radius 2 is 1.83 bits per heavy atom. The SMILES string of the molecule is COc1cccc(NC(=O)N2CCN(C(=O)c3ccco3)CC2)c1. The predicted octanol–water partition coefficient (Wildman–Crippen LogP) is 2.28. The van der Waals surface area contributed by atoms with Crippen molar-refractivity contribution in [3.05, 3.63) is 48.4 Å². The summed E-state index contributed by atoms with van der Waals surface area (Å²) in [7, 11) is 1.58. The van der Waals surface area contributed by atoms with Crippen molar-refractivity contribution in [2.45, 2.75) is 0 Å². The Morgan fingerprint density at radius 3 is 2.50 bits per heavy atom. The van der Waals surface area contributed by atoms with Crippen molar-refractivity contribution in [2.75, 3.05) is 38.6 Å². The van der Waals surface area contributed by atoms with Gasteiger partial charge in [0, 0.05) is 37.9 Å². The number of hydrogen-bond donors (Lipinski definition) is 1. The number of carbonyl (C=O) groups is 2. The molecule has 1 aromatic carbocycles. The Hall–Kier alpha value is -2.96. The number of furan rings is 1. The van der Waals surface area contributed by atoms with E-state index in [4.69, 9.17) is 9.15 Å². The van der Waals surface area contributed by atoms with Crippen molar-refractivity contribution < 1.29 is 18.7 Å². The van der Waals surface area contributed by atoms with Crippen molar-refractivity contribution in [1.29, 1.82) is 0 Å². The monoisotopic (exact) mass is 329 g/mol. The number of amides is 3. The Balaban J connectivity index is 1.54. The van der Waals surface area contributed by atoms with Gasteiger partial charge in [0.25, 0.3) is 5.91 Å². The molecule has 3 amide bonds. The fourth-order valence-corrected chi connectivity index (χ4v) is 2.57. The number of rotatable bonds is 3. The van der Waals surface area contributed by atoms with Crippen molar-refractivity contribution in [2.24, 2.45) is 0 Å². The van der Waals surface area contributed by atoms with Crippen LogP contribution < -0.4 is 10.1 Å². The summed E-state index contributed by atoms with van der Waals surface area (Å²) in [6.45, 7) is 1.90. The van der Waals surface area contributed by atoms with E-state index in [1.165, 1.54) is 6.26 Å². The zero-order chi connectivity index (χ0) is 16.9. The van der Waals surface area contributed by atoms with Crippen LogP contribution in [0.4, 0.5) is 10.5 Å². The smallest absolute Gasteiger partial charge is 0.321 e. The maximum absolute atomic E-state index is 12.3. The normalized spacial score (nSPS) is 14.4. The predicted molar refractivity (Wildman–Crippen MR) is 88.2 cm³/mol. The van der Waals surface area contributed by atoms with Crippen LogP contribution in [0.2, 0.25) is 0 Å². The molecule has 1 aromatic heterocycles. The number of piperazine rings is 1. The third kappa shape index (κ3) is 3.51. The molecule has 126 valence electrons. The Morgan fingerprint density at radius 1 is 1.08 bits per heavy atom. The lowest BCUT2D eigenvalue weighted by atomic mass is 10.3. The zero-order valence-electron chi connectivity index (χ0n) is 13.4. The lowest BCUT2D eigenvalue weighted by molar-refractivity contribution is 0.0640. The average Bonchev–Trinajstić information content (AvgIpc) is 3.16. The van der Waals surface area contributed by atoms with Gasteiger partial charge in [-0.05, 0) is 24.3 Å². The number of nitrogens with one attached hydrogen (secondary N) is 1. The Labute approximate surface area is 139 Å². The van der Waals surface area contributed by atoms with Crippen molar-refractivity contribution in [1.82, 2.24) is 9.80 Å². The van der Waals surface area contributed by atoms with Crippen LogP contribution in [-0.4, -0.2) is 55.0 Å². The zero-order valence-corrected chi connectivity index (χ0v) is 13.4. The Bertz CT molecular complexity index is 706. The number of ether oxygens (including phenoxy) is 1. The molecule has 1 fully saturated rings. The van der Waals surface area contributed by atoms with Gasteiger partial charge in [-0.3, -0.25) is 4.79 Å². The molecule has 3 rings (SSSR count). The fourth-order valence-electron chi connectivity index (χ4n) is 2.57. The standard InChI is InChI=1S/C17H19N3O4/c1-23-14-5-2-4-13(12-14)18-17(22)20-9-7-19(8-10-20)16(21)15-6-3-11-24-15/h2-6,11-12H,7-10H2,1H3,(H,18,22). The van der Waals surface area contributed by atoms with E-state index < -0.39 is 0 Å². The summed E-state index contributed by atoms with van der Waals surface area (Å²) < 4.78 is 10.3. The molecule has 2 heterocycles. The summed E-state index contributed by atoms with van der Waals surface area (Å²) in [5.74, 6) is 0.860. The van der Waals surface area contributed by atoms with Gasteiger partial charge in [0.1, 0.15) is 5.75 Å². The van der Waals surface area contributed by atoms with Gasteiger partial charge in [-0.1, -0.05) is 6.07 Å². The highest BCUT2D eigenvalue weighted by Gasteiger charge is 2.26. The molecule has 1 aliphatic heterocycles. The molecule has 1 aliphatic rings. The third-order valence-corrected chi connectivity index (χ3v) is 3.91. The first-order chi connectivity index (χ1) is 11.7. The van der Waals surface area contributed by atoms with Crippen LogP contribution >= 0.6 is 0 Å². The van der Waals surface area contributed by atoms with Gasteiger partial charge in [-0.15, -0.1) is 0 Å². The number of nitrogens with zero attached hydrogens (tertiary/aromatic N) is 2. The van der Waals surface area contributed by atoms with E-state index in [0.29, 0.717) is 43.4 Å². The number of urea groups is 1. The second-order valence-corrected chi connectivity index (χ2v) is 5.42. The fraction of sp³-hybridized carbons (Fsp3) is 0.294. The van der Waals surface area contributed by atoms with Crippen LogP contribution in [0.25, 0.3) is 0 Å². The van der Waals surface area contributed by atoms with Crippen molar-refractivity contribution in [3.8, 4) is 5.75 Å². The van der Waals surface area contributed by atoms with Gasteiger partial charge in [-0.2, -0.15) is 0 Å². The second kappa shape index (κ2) is 7.08. The van der Waals surface area contributed by atoms with E-state index in [2.05, 4.69) is 5.32 Å². The number of anilines is 1. The van der Waals surface area contributed by atoms with Gasteiger partial charge >= 0.3 is 6.03 Å². The van der Waals surface area contributed by atoms with E-state index in [1.807, 2.05) is 12.1 Å². The molecule has 0 spiro atoms. The third-order valence-electron chi connectivity index (χ3n) is 3.91. The molecule has 0 radical (unpaired) electrons. The summed E-state index contributed by atoms with van der Waals surface area (Å²) in [4.78, 5) is 27.9. The van der Waals surface area contributed by atoms with E-state index in [0.717, 1.165) is 0 Å².